The van der Waals surface area contributed by atoms with Gasteiger partial charge in [-0.1, -0.05) is 13.3 Å². The van der Waals surface area contributed by atoms with Crippen LogP contribution in [0.15, 0.2) is 0 Å². The topological polar surface area (TPSA) is 78.9 Å². The summed E-state index contributed by atoms with van der Waals surface area (Å²) in [6, 6.07) is 0.0243. The van der Waals surface area contributed by atoms with Gasteiger partial charge in [-0.3, -0.25) is 4.79 Å². The number of urea groups is 1. The summed E-state index contributed by atoms with van der Waals surface area (Å²) in [7, 11) is 0. The van der Waals surface area contributed by atoms with E-state index in [0.717, 1.165) is 19.3 Å². The van der Waals surface area contributed by atoms with Crippen molar-refractivity contribution in [1.29, 1.82) is 0 Å². The normalized spacial score (nSPS) is 39.1. The van der Waals surface area contributed by atoms with Crippen molar-refractivity contribution in [1.82, 2.24) is 10.2 Å². The van der Waals surface area contributed by atoms with Crippen LogP contribution in [-0.4, -0.2) is 54.4 Å². The van der Waals surface area contributed by atoms with Crippen molar-refractivity contribution in [3.8, 4) is 0 Å². The molecule has 2 heterocycles. The molecule has 4 atom stereocenters. The highest BCUT2D eigenvalue weighted by atomic mass is 16.5. The highest BCUT2D eigenvalue weighted by Gasteiger charge is 2.55. The molecule has 0 spiro atoms. The lowest BCUT2D eigenvalue weighted by Gasteiger charge is -2.31. The monoisotopic (exact) mass is 296 g/mol. The molecule has 2 saturated heterocycles. The molecule has 3 rings (SSSR count). The zero-order valence-corrected chi connectivity index (χ0v) is 12.5. The van der Waals surface area contributed by atoms with Crippen LogP contribution in [0.4, 0.5) is 4.79 Å². The van der Waals surface area contributed by atoms with Crippen molar-refractivity contribution >= 4 is 12.0 Å². The van der Waals surface area contributed by atoms with E-state index in [9.17, 15) is 14.7 Å². The van der Waals surface area contributed by atoms with Gasteiger partial charge in [0.25, 0.3) is 0 Å². The Bertz CT molecular complexity index is 441. The molecule has 2 N–H and O–H groups in total. The Balaban J connectivity index is 1.63. The van der Waals surface area contributed by atoms with E-state index in [2.05, 4.69) is 12.2 Å². The van der Waals surface area contributed by atoms with E-state index in [1.165, 1.54) is 0 Å². The van der Waals surface area contributed by atoms with E-state index in [1.54, 1.807) is 4.90 Å². The number of amides is 2. The van der Waals surface area contributed by atoms with Crippen LogP contribution in [0, 0.1) is 17.3 Å². The molecule has 0 aromatic heterocycles. The predicted octanol–water partition coefficient (Wildman–Crippen LogP) is 1.31. The summed E-state index contributed by atoms with van der Waals surface area (Å²) in [5.41, 5.74) is -0.696. The number of likely N-dealkylation sites (tertiary alicyclic amines) is 1. The van der Waals surface area contributed by atoms with Crippen LogP contribution in [-0.2, 0) is 9.53 Å². The molecule has 0 aromatic carbocycles. The Kier molecular flexibility index (Phi) is 3.82. The Morgan fingerprint density at radius 3 is 2.86 bits per heavy atom. The fourth-order valence-corrected chi connectivity index (χ4v) is 4.14. The van der Waals surface area contributed by atoms with E-state index >= 15 is 0 Å². The molecule has 1 saturated carbocycles. The summed E-state index contributed by atoms with van der Waals surface area (Å²) in [6.07, 6.45) is 3.41. The van der Waals surface area contributed by atoms with Crippen LogP contribution in [0.3, 0.4) is 0 Å². The van der Waals surface area contributed by atoms with Gasteiger partial charge in [0.1, 0.15) is 0 Å². The average Bonchev–Trinajstić information content (AvgIpc) is 2.99. The van der Waals surface area contributed by atoms with Gasteiger partial charge < -0.3 is 20.1 Å². The van der Waals surface area contributed by atoms with E-state index in [0.29, 0.717) is 38.6 Å². The number of nitrogens with zero attached hydrogens (tertiary/aromatic N) is 1. The Hall–Kier alpha value is -1.30. The van der Waals surface area contributed by atoms with Crippen molar-refractivity contribution in [2.24, 2.45) is 17.3 Å². The molecule has 2 amide bonds. The number of hydrogen-bond donors (Lipinski definition) is 2. The number of ether oxygens (including phenoxy) is 1. The number of carbonyl (C=O) groups is 2. The third-order valence-corrected chi connectivity index (χ3v) is 5.53. The third kappa shape index (κ3) is 2.50. The molecule has 2 unspecified atom stereocenters. The highest BCUT2D eigenvalue weighted by molar-refractivity contribution is 5.80. The summed E-state index contributed by atoms with van der Waals surface area (Å²) in [5.74, 6) is -0.314. The lowest BCUT2D eigenvalue weighted by atomic mass is 9.81. The maximum absolute atomic E-state index is 12.4. The standard InChI is InChI=1S/C15H24N2O4/c1-10-8-21-6-4-12(10)16-14(20)17-7-11-3-2-5-15(11,9-17)13(18)19/h10-12H,2-9H2,1H3,(H,16,20)(H,18,19)/t10?,11-,12?,15+/m0/s1. The summed E-state index contributed by atoms with van der Waals surface area (Å²) >= 11 is 0. The van der Waals surface area contributed by atoms with Crippen molar-refractivity contribution in [2.75, 3.05) is 26.3 Å². The first-order valence-electron chi connectivity index (χ1n) is 7.89. The molecule has 1 aliphatic carbocycles. The fraction of sp³-hybridized carbons (Fsp3) is 0.867. The number of carbonyl (C=O) groups excluding carboxylic acids is 1. The van der Waals surface area contributed by atoms with Crippen molar-refractivity contribution < 1.29 is 19.4 Å². The van der Waals surface area contributed by atoms with Crippen LogP contribution >= 0.6 is 0 Å². The maximum Gasteiger partial charge on any atom is 0.317 e. The van der Waals surface area contributed by atoms with Gasteiger partial charge >= 0.3 is 12.0 Å². The average molecular weight is 296 g/mol. The molecule has 0 radical (unpaired) electrons. The molecule has 21 heavy (non-hydrogen) atoms. The minimum Gasteiger partial charge on any atom is -0.481 e. The second kappa shape index (κ2) is 5.48. The largest absolute Gasteiger partial charge is 0.481 e. The highest BCUT2D eigenvalue weighted by Crippen LogP contribution is 2.48. The summed E-state index contributed by atoms with van der Waals surface area (Å²) in [6.45, 7) is 4.36. The number of carboxylic acids is 1. The second-order valence-electron chi connectivity index (χ2n) is 6.83. The Labute approximate surface area is 124 Å². The van der Waals surface area contributed by atoms with Crippen LogP contribution in [0.25, 0.3) is 0 Å². The summed E-state index contributed by atoms with van der Waals surface area (Å²) < 4.78 is 5.38. The van der Waals surface area contributed by atoms with Gasteiger partial charge in [-0.15, -0.1) is 0 Å². The van der Waals surface area contributed by atoms with Crippen molar-refractivity contribution in [3.05, 3.63) is 0 Å². The SMILES string of the molecule is CC1COCCC1NC(=O)N1C[C@@H]2CCC[C@@]2(C(=O)O)C1. The molecule has 6 heteroatoms. The minimum absolute atomic E-state index is 0.108. The van der Waals surface area contributed by atoms with Crippen molar-refractivity contribution in [2.45, 2.75) is 38.6 Å². The second-order valence-corrected chi connectivity index (χ2v) is 6.83. The van der Waals surface area contributed by atoms with Gasteiger partial charge in [-0.05, 0) is 31.1 Å². The zero-order valence-electron chi connectivity index (χ0n) is 12.5. The van der Waals surface area contributed by atoms with Crippen LogP contribution in [0.2, 0.25) is 0 Å². The number of carboxylic acid groups (broad SMARTS) is 1. The van der Waals surface area contributed by atoms with Crippen LogP contribution in [0.1, 0.15) is 32.6 Å². The van der Waals surface area contributed by atoms with Gasteiger partial charge in [-0.2, -0.15) is 0 Å². The summed E-state index contributed by atoms with van der Waals surface area (Å²) in [5, 5.41) is 12.6. The van der Waals surface area contributed by atoms with E-state index < -0.39 is 11.4 Å². The Morgan fingerprint density at radius 2 is 2.19 bits per heavy atom. The van der Waals surface area contributed by atoms with Gasteiger partial charge in [0.2, 0.25) is 0 Å². The van der Waals surface area contributed by atoms with Gasteiger partial charge in [0, 0.05) is 25.7 Å². The number of aliphatic carboxylic acids is 1. The smallest absolute Gasteiger partial charge is 0.317 e. The zero-order chi connectivity index (χ0) is 15.0. The first kappa shape index (κ1) is 14.6. The lowest BCUT2D eigenvalue weighted by molar-refractivity contribution is -0.149. The third-order valence-electron chi connectivity index (χ3n) is 5.53. The maximum atomic E-state index is 12.4. The van der Waals surface area contributed by atoms with E-state index in [1.807, 2.05) is 0 Å². The molecule has 0 aromatic rings. The molecule has 118 valence electrons. The molecule has 3 fully saturated rings. The molecule has 0 bridgehead atoms. The molecule has 3 aliphatic rings. The first-order valence-corrected chi connectivity index (χ1v) is 7.89. The van der Waals surface area contributed by atoms with Gasteiger partial charge in [-0.25, -0.2) is 4.79 Å². The molecule has 6 nitrogen and oxygen atoms in total. The van der Waals surface area contributed by atoms with Crippen LogP contribution < -0.4 is 5.32 Å². The van der Waals surface area contributed by atoms with Gasteiger partial charge in [0.15, 0.2) is 0 Å². The fourth-order valence-electron chi connectivity index (χ4n) is 4.14. The number of hydrogen-bond acceptors (Lipinski definition) is 3. The van der Waals surface area contributed by atoms with Crippen LogP contribution in [0.5, 0.6) is 0 Å². The van der Waals surface area contributed by atoms with Gasteiger partial charge in [0.05, 0.1) is 12.0 Å². The molecular formula is C15H24N2O4. The molecular weight excluding hydrogens is 272 g/mol. The lowest BCUT2D eigenvalue weighted by Crippen LogP contribution is -2.50. The van der Waals surface area contributed by atoms with E-state index in [4.69, 9.17) is 4.74 Å². The number of nitrogens with one attached hydrogen (secondary N) is 1. The predicted molar refractivity (Wildman–Crippen MR) is 75.9 cm³/mol. The number of rotatable bonds is 2. The Morgan fingerprint density at radius 1 is 1.38 bits per heavy atom. The number of fused-ring (bicyclic) bond motifs is 1. The quantitative estimate of drug-likeness (QED) is 0.805. The van der Waals surface area contributed by atoms with Crippen molar-refractivity contribution in [3.63, 3.8) is 0 Å². The first-order chi connectivity index (χ1) is 10.0. The molecule has 2 aliphatic heterocycles. The minimum atomic E-state index is -0.736. The summed E-state index contributed by atoms with van der Waals surface area (Å²) in [4.78, 5) is 25.8. The van der Waals surface area contributed by atoms with E-state index in [-0.39, 0.29) is 18.0 Å².